The fourth-order valence-corrected chi connectivity index (χ4v) is 1.27. The number of alkyl halides is 3. The van der Waals surface area contributed by atoms with Crippen molar-refractivity contribution < 1.29 is 22.4 Å². The summed E-state index contributed by atoms with van der Waals surface area (Å²) in [5, 5.41) is 0. The number of primary amides is 1. The lowest BCUT2D eigenvalue weighted by atomic mass is 9.97. The van der Waals surface area contributed by atoms with Crippen molar-refractivity contribution in [2.75, 3.05) is 5.73 Å². The van der Waals surface area contributed by atoms with Crippen LogP contribution in [0, 0.1) is 5.82 Å². The summed E-state index contributed by atoms with van der Waals surface area (Å²) < 4.78 is 50.5. The van der Waals surface area contributed by atoms with Gasteiger partial charge in [0, 0.05) is 11.3 Å². The van der Waals surface area contributed by atoms with Crippen LogP contribution in [0.1, 0.15) is 11.5 Å². The van der Waals surface area contributed by atoms with Gasteiger partial charge in [0.25, 0.3) is 0 Å². The molecule has 88 valence electrons. The number of benzene rings is 1. The molecule has 0 heterocycles. The third kappa shape index (κ3) is 2.41. The van der Waals surface area contributed by atoms with E-state index in [0.29, 0.717) is 0 Å². The Balaban J connectivity index is 3.32. The highest BCUT2D eigenvalue weighted by molar-refractivity contribution is 5.83. The number of carbonyl (C=O) groups is 1. The molecular formula is C9H8F4N2O. The first kappa shape index (κ1) is 12.3. The Hall–Kier alpha value is -1.79. The minimum atomic E-state index is -4.94. The highest BCUT2D eigenvalue weighted by atomic mass is 19.4. The molecule has 0 aromatic heterocycles. The van der Waals surface area contributed by atoms with E-state index in [1.165, 1.54) is 0 Å². The Morgan fingerprint density at radius 1 is 1.31 bits per heavy atom. The average molecular weight is 236 g/mol. The number of hydrogen-bond acceptors (Lipinski definition) is 2. The minimum absolute atomic E-state index is 0.0769. The summed E-state index contributed by atoms with van der Waals surface area (Å²) in [5.74, 6) is -5.52. The van der Waals surface area contributed by atoms with Crippen LogP contribution in [0.5, 0.6) is 0 Å². The van der Waals surface area contributed by atoms with E-state index in [4.69, 9.17) is 5.73 Å². The maximum Gasteiger partial charge on any atom is 0.404 e. The lowest BCUT2D eigenvalue weighted by Gasteiger charge is -2.18. The number of anilines is 1. The molecule has 1 atom stereocenters. The van der Waals surface area contributed by atoms with E-state index in [1.807, 2.05) is 0 Å². The molecule has 16 heavy (non-hydrogen) atoms. The van der Waals surface area contributed by atoms with Crippen LogP contribution in [0.15, 0.2) is 18.2 Å². The monoisotopic (exact) mass is 236 g/mol. The van der Waals surface area contributed by atoms with Gasteiger partial charge in [0.15, 0.2) is 5.92 Å². The molecule has 0 bridgehead atoms. The summed E-state index contributed by atoms with van der Waals surface area (Å²) in [5.41, 5.74) is 8.89. The number of amides is 1. The maximum absolute atomic E-state index is 13.1. The molecule has 0 radical (unpaired) electrons. The molecule has 0 spiro atoms. The second-order valence-corrected chi connectivity index (χ2v) is 3.16. The van der Waals surface area contributed by atoms with Gasteiger partial charge in [0.1, 0.15) is 5.82 Å². The minimum Gasteiger partial charge on any atom is -0.399 e. The summed E-state index contributed by atoms with van der Waals surface area (Å²) in [7, 11) is 0. The van der Waals surface area contributed by atoms with E-state index in [-0.39, 0.29) is 5.69 Å². The predicted octanol–water partition coefficient (Wildman–Crippen LogP) is 1.54. The number of nitrogens with two attached hydrogens (primary N) is 2. The first-order valence-corrected chi connectivity index (χ1v) is 4.14. The first-order valence-electron chi connectivity index (χ1n) is 4.14. The van der Waals surface area contributed by atoms with Crippen LogP contribution in [0.2, 0.25) is 0 Å². The average Bonchev–Trinajstić information content (AvgIpc) is 2.08. The molecule has 4 N–H and O–H groups in total. The fraction of sp³-hybridized carbons (Fsp3) is 0.222. The smallest absolute Gasteiger partial charge is 0.399 e. The fourth-order valence-electron chi connectivity index (χ4n) is 1.27. The van der Waals surface area contributed by atoms with Gasteiger partial charge in [0.2, 0.25) is 5.91 Å². The molecule has 1 aromatic rings. The van der Waals surface area contributed by atoms with Crippen molar-refractivity contribution in [2.45, 2.75) is 12.1 Å². The zero-order valence-corrected chi connectivity index (χ0v) is 7.88. The number of carbonyl (C=O) groups excluding carboxylic acids is 1. The maximum atomic E-state index is 13.1. The van der Waals surface area contributed by atoms with Gasteiger partial charge in [-0.25, -0.2) is 4.39 Å². The zero-order valence-electron chi connectivity index (χ0n) is 7.88. The Morgan fingerprint density at radius 2 is 1.88 bits per heavy atom. The lowest BCUT2D eigenvalue weighted by Crippen LogP contribution is -2.34. The van der Waals surface area contributed by atoms with Crippen LogP contribution < -0.4 is 11.5 Å². The summed E-state index contributed by atoms with van der Waals surface area (Å²) >= 11 is 0. The van der Waals surface area contributed by atoms with Gasteiger partial charge in [-0.15, -0.1) is 0 Å². The molecule has 0 saturated carbocycles. The summed E-state index contributed by atoms with van der Waals surface area (Å²) in [6, 6.07) is 2.60. The van der Waals surface area contributed by atoms with Gasteiger partial charge < -0.3 is 11.5 Å². The van der Waals surface area contributed by atoms with Gasteiger partial charge >= 0.3 is 6.18 Å². The van der Waals surface area contributed by atoms with Crippen LogP contribution >= 0.6 is 0 Å². The number of nitrogen functional groups attached to an aromatic ring is 1. The van der Waals surface area contributed by atoms with E-state index in [9.17, 15) is 22.4 Å². The van der Waals surface area contributed by atoms with Crippen molar-refractivity contribution in [2.24, 2.45) is 5.73 Å². The zero-order chi connectivity index (χ0) is 12.5. The Bertz CT molecular complexity index is 416. The predicted molar refractivity (Wildman–Crippen MR) is 48.8 cm³/mol. The van der Waals surface area contributed by atoms with E-state index >= 15 is 0 Å². The van der Waals surface area contributed by atoms with Crippen molar-refractivity contribution in [3.05, 3.63) is 29.6 Å². The molecule has 1 aromatic carbocycles. The van der Waals surface area contributed by atoms with E-state index < -0.39 is 29.4 Å². The molecule has 1 unspecified atom stereocenters. The third-order valence-electron chi connectivity index (χ3n) is 1.94. The Morgan fingerprint density at radius 3 is 2.31 bits per heavy atom. The van der Waals surface area contributed by atoms with Crippen molar-refractivity contribution in [3.8, 4) is 0 Å². The standard InChI is InChI=1S/C9H8F4N2O/c10-6-2-1-4(14)3-5(6)7(8(15)16)9(11,12)13/h1-3,7H,14H2,(H2,15,16). The molecule has 0 saturated heterocycles. The third-order valence-corrected chi connectivity index (χ3v) is 1.94. The van der Waals surface area contributed by atoms with Crippen LogP contribution in [0.25, 0.3) is 0 Å². The molecule has 1 rings (SSSR count). The van der Waals surface area contributed by atoms with Gasteiger partial charge in [-0.1, -0.05) is 0 Å². The topological polar surface area (TPSA) is 69.1 Å². The molecular weight excluding hydrogens is 228 g/mol. The molecule has 0 aliphatic rings. The molecule has 0 fully saturated rings. The SMILES string of the molecule is NC(=O)C(c1cc(N)ccc1F)C(F)(F)F. The van der Waals surface area contributed by atoms with Crippen molar-refractivity contribution in [1.29, 1.82) is 0 Å². The highest BCUT2D eigenvalue weighted by Gasteiger charge is 2.46. The van der Waals surface area contributed by atoms with Crippen LogP contribution in [-0.2, 0) is 4.79 Å². The van der Waals surface area contributed by atoms with Crippen LogP contribution in [0.3, 0.4) is 0 Å². The molecule has 0 aliphatic carbocycles. The Kier molecular flexibility index (Phi) is 3.06. The quantitative estimate of drug-likeness (QED) is 0.604. The number of rotatable bonds is 2. The largest absolute Gasteiger partial charge is 0.404 e. The Labute approximate surface area is 88.0 Å². The normalized spacial score (nSPS) is 13.5. The number of hydrogen-bond donors (Lipinski definition) is 2. The summed E-state index contributed by atoms with van der Waals surface area (Å²) in [4.78, 5) is 10.7. The molecule has 0 aliphatic heterocycles. The van der Waals surface area contributed by atoms with Crippen LogP contribution in [0.4, 0.5) is 23.2 Å². The van der Waals surface area contributed by atoms with E-state index in [1.54, 1.807) is 0 Å². The summed E-state index contributed by atoms with van der Waals surface area (Å²) in [6.45, 7) is 0. The number of halogens is 4. The van der Waals surface area contributed by atoms with Gasteiger partial charge in [-0.05, 0) is 18.2 Å². The molecule has 7 heteroatoms. The second kappa shape index (κ2) is 3.99. The van der Waals surface area contributed by atoms with Crippen molar-refractivity contribution in [3.63, 3.8) is 0 Å². The van der Waals surface area contributed by atoms with E-state index in [0.717, 1.165) is 18.2 Å². The summed E-state index contributed by atoms with van der Waals surface area (Å²) in [6.07, 6.45) is -4.94. The molecule has 1 amide bonds. The van der Waals surface area contributed by atoms with Gasteiger partial charge in [0.05, 0.1) is 0 Å². The second-order valence-electron chi connectivity index (χ2n) is 3.16. The highest BCUT2D eigenvalue weighted by Crippen LogP contribution is 2.36. The first-order chi connectivity index (χ1) is 7.23. The molecule has 3 nitrogen and oxygen atoms in total. The van der Waals surface area contributed by atoms with Crippen molar-refractivity contribution >= 4 is 11.6 Å². The van der Waals surface area contributed by atoms with E-state index in [2.05, 4.69) is 5.73 Å². The lowest BCUT2D eigenvalue weighted by molar-refractivity contribution is -0.163. The van der Waals surface area contributed by atoms with Gasteiger partial charge in [-0.2, -0.15) is 13.2 Å². The van der Waals surface area contributed by atoms with Crippen LogP contribution in [-0.4, -0.2) is 12.1 Å². The van der Waals surface area contributed by atoms with Gasteiger partial charge in [-0.3, -0.25) is 4.79 Å². The van der Waals surface area contributed by atoms with Crippen molar-refractivity contribution in [1.82, 2.24) is 0 Å².